The fourth-order valence-corrected chi connectivity index (χ4v) is 2.32. The zero-order valence-corrected chi connectivity index (χ0v) is 11.0. The molecule has 0 saturated heterocycles. The predicted octanol–water partition coefficient (Wildman–Crippen LogP) is 1.95. The predicted molar refractivity (Wildman–Crippen MR) is 69.0 cm³/mol. The zero-order chi connectivity index (χ0) is 13.8. The summed E-state index contributed by atoms with van der Waals surface area (Å²) in [4.78, 5) is 28.4. The number of thiazole rings is 1. The second-order valence-corrected chi connectivity index (χ2v) is 4.91. The summed E-state index contributed by atoms with van der Waals surface area (Å²) in [7, 11) is 1.57. The van der Waals surface area contributed by atoms with Gasteiger partial charge in [0.1, 0.15) is 4.88 Å². The molecule has 1 amide bonds. The Morgan fingerprint density at radius 1 is 1.53 bits per heavy atom. The van der Waals surface area contributed by atoms with E-state index in [0.29, 0.717) is 15.6 Å². The molecule has 2 aromatic heterocycles. The quantitative estimate of drug-likeness (QED) is 0.905. The van der Waals surface area contributed by atoms with Gasteiger partial charge in [-0.15, -0.1) is 11.3 Å². The second-order valence-electron chi connectivity index (χ2n) is 3.88. The number of carboxylic acids is 1. The van der Waals surface area contributed by atoms with E-state index in [4.69, 9.17) is 9.52 Å². The summed E-state index contributed by atoms with van der Waals surface area (Å²) in [5.41, 5.74) is 0. The lowest BCUT2D eigenvalue weighted by Crippen LogP contribution is -2.28. The molecule has 0 unspecified atom stereocenters. The van der Waals surface area contributed by atoms with Crippen molar-refractivity contribution in [1.82, 2.24) is 9.88 Å². The smallest absolute Gasteiger partial charge is 0.305 e. The zero-order valence-electron chi connectivity index (χ0n) is 10.2. The molecule has 6 nitrogen and oxygen atoms in total. The van der Waals surface area contributed by atoms with Crippen LogP contribution in [0.2, 0.25) is 0 Å². The largest absolute Gasteiger partial charge is 0.481 e. The summed E-state index contributed by atoms with van der Waals surface area (Å²) in [6.07, 6.45) is 2.94. The minimum atomic E-state index is -0.930. The van der Waals surface area contributed by atoms with Crippen molar-refractivity contribution in [1.29, 1.82) is 0 Å². The molecular weight excluding hydrogens is 268 g/mol. The van der Waals surface area contributed by atoms with Crippen LogP contribution in [-0.2, 0) is 4.79 Å². The summed E-state index contributed by atoms with van der Waals surface area (Å²) >= 11 is 1.22. The maximum absolute atomic E-state index is 12.0. The van der Waals surface area contributed by atoms with Gasteiger partial charge in [-0.2, -0.15) is 0 Å². The fourth-order valence-electron chi connectivity index (χ4n) is 1.44. The number of nitrogens with zero attached hydrogens (tertiary/aromatic N) is 2. The summed E-state index contributed by atoms with van der Waals surface area (Å²) in [5.74, 6) is -0.561. The van der Waals surface area contributed by atoms with Crippen LogP contribution in [0.15, 0.2) is 29.0 Å². The lowest BCUT2D eigenvalue weighted by Gasteiger charge is -2.14. The molecule has 0 saturated carbocycles. The van der Waals surface area contributed by atoms with Crippen LogP contribution in [0, 0.1) is 0 Å². The van der Waals surface area contributed by atoms with Crippen LogP contribution < -0.4 is 0 Å². The van der Waals surface area contributed by atoms with Gasteiger partial charge in [0.05, 0.1) is 18.9 Å². The molecule has 100 valence electrons. The first-order valence-electron chi connectivity index (χ1n) is 5.55. The summed E-state index contributed by atoms with van der Waals surface area (Å²) < 4.78 is 5.20. The van der Waals surface area contributed by atoms with Gasteiger partial charge in [0.25, 0.3) is 5.91 Å². The van der Waals surface area contributed by atoms with Crippen LogP contribution >= 0.6 is 11.3 Å². The molecule has 0 aliphatic heterocycles. The minimum Gasteiger partial charge on any atom is -0.481 e. The van der Waals surface area contributed by atoms with E-state index in [0.717, 1.165) is 0 Å². The SMILES string of the molecule is CN(CCC(=O)O)C(=O)c1cnc(-c2ccco2)s1. The third-order valence-corrected chi connectivity index (χ3v) is 3.46. The van der Waals surface area contributed by atoms with Gasteiger partial charge in [0.15, 0.2) is 10.8 Å². The van der Waals surface area contributed by atoms with E-state index in [-0.39, 0.29) is 18.9 Å². The highest BCUT2D eigenvalue weighted by Gasteiger charge is 2.17. The number of aromatic nitrogens is 1. The molecule has 0 aliphatic carbocycles. The first-order valence-corrected chi connectivity index (χ1v) is 6.36. The first kappa shape index (κ1) is 13.3. The highest BCUT2D eigenvalue weighted by atomic mass is 32.1. The molecule has 0 spiro atoms. The molecule has 2 rings (SSSR count). The molecule has 0 radical (unpaired) electrons. The third kappa shape index (κ3) is 3.19. The Morgan fingerprint density at radius 2 is 2.32 bits per heavy atom. The molecule has 0 aliphatic rings. The maximum atomic E-state index is 12.0. The second kappa shape index (κ2) is 5.66. The molecule has 19 heavy (non-hydrogen) atoms. The number of carbonyl (C=O) groups is 2. The summed E-state index contributed by atoms with van der Waals surface area (Å²) in [5, 5.41) is 9.21. The van der Waals surface area contributed by atoms with Gasteiger partial charge in [0, 0.05) is 13.6 Å². The number of furan rings is 1. The van der Waals surface area contributed by atoms with Crippen LogP contribution in [0.1, 0.15) is 16.1 Å². The fraction of sp³-hybridized carbons (Fsp3) is 0.250. The maximum Gasteiger partial charge on any atom is 0.305 e. The molecule has 2 aromatic rings. The Kier molecular flexibility index (Phi) is 3.96. The van der Waals surface area contributed by atoms with E-state index < -0.39 is 5.97 Å². The Hall–Kier alpha value is -2.15. The number of amides is 1. The van der Waals surface area contributed by atoms with E-state index in [1.54, 1.807) is 19.2 Å². The third-order valence-electron chi connectivity index (χ3n) is 2.46. The summed E-state index contributed by atoms with van der Waals surface area (Å²) in [6, 6.07) is 3.51. The minimum absolute atomic E-state index is 0.0773. The van der Waals surface area contributed by atoms with Gasteiger partial charge < -0.3 is 14.4 Å². The average Bonchev–Trinajstić information content (AvgIpc) is 3.04. The van der Waals surface area contributed by atoms with Gasteiger partial charge in [0.2, 0.25) is 0 Å². The number of carbonyl (C=O) groups excluding carboxylic acids is 1. The van der Waals surface area contributed by atoms with Crippen molar-refractivity contribution in [2.24, 2.45) is 0 Å². The number of carboxylic acid groups (broad SMARTS) is 1. The van der Waals surface area contributed by atoms with Crippen molar-refractivity contribution in [3.63, 3.8) is 0 Å². The standard InChI is InChI=1S/C12H12N2O4S/c1-14(5-4-10(15)16)12(17)9-7-13-11(19-9)8-3-2-6-18-8/h2-3,6-7H,4-5H2,1H3,(H,15,16). The number of hydrogen-bond donors (Lipinski definition) is 1. The monoisotopic (exact) mass is 280 g/mol. The van der Waals surface area contributed by atoms with E-state index >= 15 is 0 Å². The number of aliphatic carboxylic acids is 1. The molecule has 0 aromatic carbocycles. The van der Waals surface area contributed by atoms with Crippen LogP contribution in [0.5, 0.6) is 0 Å². The van der Waals surface area contributed by atoms with E-state index in [1.165, 1.54) is 28.7 Å². The lowest BCUT2D eigenvalue weighted by molar-refractivity contribution is -0.137. The highest BCUT2D eigenvalue weighted by molar-refractivity contribution is 7.16. The van der Waals surface area contributed by atoms with Crippen molar-refractivity contribution in [2.75, 3.05) is 13.6 Å². The van der Waals surface area contributed by atoms with Gasteiger partial charge in [-0.3, -0.25) is 9.59 Å². The van der Waals surface area contributed by atoms with Crippen LogP contribution in [0.25, 0.3) is 10.8 Å². The van der Waals surface area contributed by atoms with E-state index in [2.05, 4.69) is 4.98 Å². The number of hydrogen-bond acceptors (Lipinski definition) is 5. The molecule has 0 bridgehead atoms. The van der Waals surface area contributed by atoms with Gasteiger partial charge in [-0.25, -0.2) is 4.98 Å². The van der Waals surface area contributed by atoms with Crippen molar-refractivity contribution >= 4 is 23.2 Å². The van der Waals surface area contributed by atoms with Gasteiger partial charge >= 0.3 is 5.97 Å². The van der Waals surface area contributed by atoms with E-state index in [1.807, 2.05) is 0 Å². The molecular formula is C12H12N2O4S. The summed E-state index contributed by atoms with van der Waals surface area (Å²) in [6.45, 7) is 0.169. The Balaban J connectivity index is 2.06. The van der Waals surface area contributed by atoms with Crippen molar-refractivity contribution < 1.29 is 19.1 Å². The normalized spacial score (nSPS) is 10.4. The first-order chi connectivity index (χ1) is 9.08. The highest BCUT2D eigenvalue weighted by Crippen LogP contribution is 2.25. The molecule has 0 atom stereocenters. The van der Waals surface area contributed by atoms with Crippen molar-refractivity contribution in [2.45, 2.75) is 6.42 Å². The van der Waals surface area contributed by atoms with Crippen LogP contribution in [0.4, 0.5) is 0 Å². The average molecular weight is 280 g/mol. The Bertz CT molecular complexity index is 576. The van der Waals surface area contributed by atoms with Crippen LogP contribution in [0.3, 0.4) is 0 Å². The topological polar surface area (TPSA) is 83.6 Å². The van der Waals surface area contributed by atoms with Crippen molar-refractivity contribution in [3.05, 3.63) is 29.5 Å². The Labute approximate surface area is 113 Å². The van der Waals surface area contributed by atoms with E-state index in [9.17, 15) is 9.59 Å². The molecule has 0 fully saturated rings. The molecule has 1 N–H and O–H groups in total. The lowest BCUT2D eigenvalue weighted by atomic mass is 10.4. The van der Waals surface area contributed by atoms with Gasteiger partial charge in [-0.05, 0) is 12.1 Å². The molecule has 7 heteroatoms. The van der Waals surface area contributed by atoms with Crippen LogP contribution in [-0.4, -0.2) is 40.5 Å². The Morgan fingerprint density at radius 3 is 2.95 bits per heavy atom. The van der Waals surface area contributed by atoms with Crippen molar-refractivity contribution in [3.8, 4) is 10.8 Å². The molecule has 2 heterocycles. The number of rotatable bonds is 5. The van der Waals surface area contributed by atoms with Gasteiger partial charge in [-0.1, -0.05) is 0 Å².